The molecule has 2 N–H and O–H groups in total. The fourth-order valence-electron chi connectivity index (χ4n) is 1.22. The Bertz CT molecular complexity index is 479. The van der Waals surface area contributed by atoms with Crippen molar-refractivity contribution in [2.24, 2.45) is 0 Å². The van der Waals surface area contributed by atoms with Gasteiger partial charge in [0.05, 0.1) is 4.90 Å². The van der Waals surface area contributed by atoms with Crippen molar-refractivity contribution in [1.29, 1.82) is 0 Å². The predicted octanol–water partition coefficient (Wildman–Crippen LogP) is 1.99. The molecule has 0 heterocycles. The fourth-order valence-corrected chi connectivity index (χ4v) is 3.63. The van der Waals surface area contributed by atoms with E-state index in [9.17, 15) is 8.42 Å². The molecule has 0 aliphatic heterocycles. The summed E-state index contributed by atoms with van der Waals surface area (Å²) >= 11 is 8.94. The summed E-state index contributed by atoms with van der Waals surface area (Å²) in [5.41, 5.74) is 0. The molecule has 17 heavy (non-hydrogen) atoms. The number of nitrogens with one attached hydrogen (secondary N) is 2. The number of halogens is 2. The molecule has 7 heteroatoms. The summed E-state index contributed by atoms with van der Waals surface area (Å²) in [6.45, 7) is 3.73. The lowest BCUT2D eigenvalue weighted by atomic mass is 10.4. The van der Waals surface area contributed by atoms with Gasteiger partial charge in [-0.05, 0) is 40.7 Å². The zero-order valence-electron chi connectivity index (χ0n) is 9.33. The SMILES string of the molecule is CCNCCNS(=O)(=O)c1ccc(Cl)cc1Br. The van der Waals surface area contributed by atoms with Crippen LogP contribution in [0.25, 0.3) is 0 Å². The molecule has 0 aliphatic rings. The zero-order valence-corrected chi connectivity index (χ0v) is 12.5. The van der Waals surface area contributed by atoms with E-state index in [-0.39, 0.29) is 4.90 Å². The summed E-state index contributed by atoms with van der Waals surface area (Å²) in [4.78, 5) is 0.193. The maximum Gasteiger partial charge on any atom is 0.241 e. The van der Waals surface area contributed by atoms with E-state index in [2.05, 4.69) is 26.0 Å². The van der Waals surface area contributed by atoms with Gasteiger partial charge in [-0.3, -0.25) is 0 Å². The summed E-state index contributed by atoms with van der Waals surface area (Å²) in [6, 6.07) is 4.58. The lowest BCUT2D eigenvalue weighted by Gasteiger charge is -2.08. The van der Waals surface area contributed by atoms with Crippen molar-refractivity contribution in [1.82, 2.24) is 10.0 Å². The number of hydrogen-bond acceptors (Lipinski definition) is 3. The molecule has 0 aliphatic carbocycles. The van der Waals surface area contributed by atoms with Crippen LogP contribution < -0.4 is 10.0 Å². The third kappa shape index (κ3) is 4.56. The van der Waals surface area contributed by atoms with Crippen molar-refractivity contribution in [3.63, 3.8) is 0 Å². The van der Waals surface area contributed by atoms with Gasteiger partial charge in [-0.2, -0.15) is 0 Å². The second-order valence-corrected chi connectivity index (χ2v) is 6.35. The van der Waals surface area contributed by atoms with Crippen molar-refractivity contribution in [3.05, 3.63) is 27.7 Å². The Kier molecular flexibility index (Phi) is 5.88. The van der Waals surface area contributed by atoms with Crippen molar-refractivity contribution in [2.45, 2.75) is 11.8 Å². The van der Waals surface area contributed by atoms with E-state index in [0.29, 0.717) is 22.6 Å². The van der Waals surface area contributed by atoms with Crippen LogP contribution in [0.4, 0.5) is 0 Å². The van der Waals surface area contributed by atoms with Crippen LogP contribution in [0.15, 0.2) is 27.6 Å². The van der Waals surface area contributed by atoms with E-state index in [0.717, 1.165) is 6.54 Å². The smallest absolute Gasteiger partial charge is 0.241 e. The van der Waals surface area contributed by atoms with Crippen LogP contribution in [0.2, 0.25) is 5.02 Å². The molecule has 96 valence electrons. The zero-order chi connectivity index (χ0) is 12.9. The molecular weight excluding hydrogens is 328 g/mol. The summed E-state index contributed by atoms with van der Waals surface area (Å²) in [7, 11) is -3.48. The van der Waals surface area contributed by atoms with Gasteiger partial charge in [0, 0.05) is 22.6 Å². The topological polar surface area (TPSA) is 58.2 Å². The van der Waals surface area contributed by atoms with E-state index >= 15 is 0 Å². The van der Waals surface area contributed by atoms with Gasteiger partial charge in [-0.15, -0.1) is 0 Å². The minimum Gasteiger partial charge on any atom is -0.316 e. The summed E-state index contributed by atoms with van der Waals surface area (Å²) < 4.78 is 26.8. The molecule has 0 radical (unpaired) electrons. The summed E-state index contributed by atoms with van der Waals surface area (Å²) in [6.07, 6.45) is 0. The standard InChI is InChI=1S/C10H14BrClN2O2S/c1-2-13-5-6-14-17(15,16)10-4-3-8(12)7-9(10)11/h3-4,7,13-14H,2,5-6H2,1H3. The number of hydrogen-bond donors (Lipinski definition) is 2. The summed E-state index contributed by atoms with van der Waals surface area (Å²) in [5, 5.41) is 3.53. The first-order chi connectivity index (χ1) is 7.97. The van der Waals surface area contributed by atoms with Crippen LogP contribution in [0, 0.1) is 0 Å². The first-order valence-electron chi connectivity index (χ1n) is 5.13. The molecule has 0 unspecified atom stereocenters. The normalized spacial score (nSPS) is 11.7. The quantitative estimate of drug-likeness (QED) is 0.778. The second-order valence-electron chi connectivity index (χ2n) is 3.33. The van der Waals surface area contributed by atoms with Crippen LogP contribution in [0.5, 0.6) is 0 Å². The highest BCUT2D eigenvalue weighted by atomic mass is 79.9. The predicted molar refractivity (Wildman–Crippen MR) is 72.9 cm³/mol. The monoisotopic (exact) mass is 340 g/mol. The Morgan fingerprint density at radius 2 is 2.06 bits per heavy atom. The van der Waals surface area contributed by atoms with Gasteiger partial charge in [-0.25, -0.2) is 13.1 Å². The lowest BCUT2D eigenvalue weighted by molar-refractivity contribution is 0.577. The number of sulfonamides is 1. The highest BCUT2D eigenvalue weighted by molar-refractivity contribution is 9.10. The Morgan fingerprint density at radius 1 is 1.35 bits per heavy atom. The number of benzene rings is 1. The van der Waals surface area contributed by atoms with Crippen LogP contribution in [-0.4, -0.2) is 28.1 Å². The molecule has 0 saturated carbocycles. The Hall–Kier alpha value is -0.140. The molecule has 0 aromatic heterocycles. The van der Waals surface area contributed by atoms with Crippen LogP contribution in [0.3, 0.4) is 0 Å². The van der Waals surface area contributed by atoms with Gasteiger partial charge in [0.15, 0.2) is 0 Å². The molecule has 0 amide bonds. The van der Waals surface area contributed by atoms with Crippen LogP contribution in [-0.2, 0) is 10.0 Å². The van der Waals surface area contributed by atoms with E-state index in [1.54, 1.807) is 12.1 Å². The molecule has 0 bridgehead atoms. The average Bonchev–Trinajstić information content (AvgIpc) is 2.24. The van der Waals surface area contributed by atoms with Crippen molar-refractivity contribution in [3.8, 4) is 0 Å². The Balaban J connectivity index is 2.76. The highest BCUT2D eigenvalue weighted by Gasteiger charge is 2.16. The van der Waals surface area contributed by atoms with Crippen molar-refractivity contribution in [2.75, 3.05) is 19.6 Å². The van der Waals surface area contributed by atoms with E-state index < -0.39 is 10.0 Å². The molecule has 0 fully saturated rings. The van der Waals surface area contributed by atoms with Crippen molar-refractivity contribution < 1.29 is 8.42 Å². The van der Waals surface area contributed by atoms with Gasteiger partial charge in [0.2, 0.25) is 10.0 Å². The van der Waals surface area contributed by atoms with Crippen LogP contribution >= 0.6 is 27.5 Å². The Labute approximate surface area is 115 Å². The Morgan fingerprint density at radius 3 is 2.65 bits per heavy atom. The second kappa shape index (κ2) is 6.70. The van der Waals surface area contributed by atoms with Gasteiger partial charge in [-0.1, -0.05) is 18.5 Å². The number of rotatable bonds is 6. The van der Waals surface area contributed by atoms with E-state index in [4.69, 9.17) is 11.6 Å². The molecule has 0 atom stereocenters. The third-order valence-corrected chi connectivity index (χ3v) is 4.70. The third-order valence-electron chi connectivity index (χ3n) is 2.03. The molecule has 1 rings (SSSR count). The minimum absolute atomic E-state index is 0.193. The van der Waals surface area contributed by atoms with E-state index in [1.165, 1.54) is 6.07 Å². The minimum atomic E-state index is -3.48. The van der Waals surface area contributed by atoms with Gasteiger partial charge >= 0.3 is 0 Å². The highest BCUT2D eigenvalue weighted by Crippen LogP contribution is 2.25. The molecular formula is C10H14BrClN2O2S. The first-order valence-corrected chi connectivity index (χ1v) is 7.78. The first kappa shape index (κ1) is 14.9. The maximum absolute atomic E-state index is 11.9. The molecule has 0 saturated heterocycles. The largest absolute Gasteiger partial charge is 0.316 e. The van der Waals surface area contributed by atoms with Gasteiger partial charge in [0.25, 0.3) is 0 Å². The summed E-state index contributed by atoms with van der Waals surface area (Å²) in [5.74, 6) is 0. The molecule has 1 aromatic carbocycles. The molecule has 0 spiro atoms. The van der Waals surface area contributed by atoms with Crippen LogP contribution in [0.1, 0.15) is 6.92 Å². The maximum atomic E-state index is 11.9. The van der Waals surface area contributed by atoms with Crippen molar-refractivity contribution >= 4 is 37.6 Å². The van der Waals surface area contributed by atoms with E-state index in [1.807, 2.05) is 6.92 Å². The molecule has 4 nitrogen and oxygen atoms in total. The fraction of sp³-hybridized carbons (Fsp3) is 0.400. The average molecular weight is 342 g/mol. The lowest BCUT2D eigenvalue weighted by Crippen LogP contribution is -2.31. The molecule has 1 aromatic rings. The van der Waals surface area contributed by atoms with Gasteiger partial charge in [0.1, 0.15) is 0 Å². The number of likely N-dealkylation sites (N-methyl/N-ethyl adjacent to an activating group) is 1. The van der Waals surface area contributed by atoms with Gasteiger partial charge < -0.3 is 5.32 Å².